The summed E-state index contributed by atoms with van der Waals surface area (Å²) in [6.07, 6.45) is 3.62. The lowest BCUT2D eigenvalue weighted by molar-refractivity contribution is -0.116. The summed E-state index contributed by atoms with van der Waals surface area (Å²) in [4.78, 5) is 26.2. The Labute approximate surface area is 165 Å². The van der Waals surface area contributed by atoms with Crippen LogP contribution in [0.3, 0.4) is 0 Å². The first-order valence-electron chi connectivity index (χ1n) is 8.78. The molecule has 0 radical (unpaired) electrons. The predicted molar refractivity (Wildman–Crippen MR) is 98.2 cm³/mol. The fraction of sp³-hybridized carbons (Fsp3) is 0.389. The van der Waals surface area contributed by atoms with Gasteiger partial charge in [0, 0.05) is 44.9 Å². The summed E-state index contributed by atoms with van der Waals surface area (Å²) >= 11 is 5.75. The van der Waals surface area contributed by atoms with Crippen molar-refractivity contribution < 1.29 is 23.1 Å². The Bertz CT molecular complexity index is 867. The zero-order valence-electron chi connectivity index (χ0n) is 15.0. The second-order valence-electron chi connectivity index (χ2n) is 6.29. The third kappa shape index (κ3) is 5.05. The molecule has 7 nitrogen and oxygen atoms in total. The number of anilines is 1. The average molecular weight is 413 g/mol. The molecular weight excluding hydrogens is 394 g/mol. The number of carbonyl (C=O) groups is 2. The van der Waals surface area contributed by atoms with Crippen molar-refractivity contribution in [1.29, 1.82) is 0 Å². The minimum atomic E-state index is -0.975. The third-order valence-electron chi connectivity index (χ3n) is 4.24. The lowest BCUT2D eigenvalue weighted by atomic mass is 10.1. The number of nitrogens with one attached hydrogen (secondary N) is 1. The molecule has 1 aromatic heterocycles. The van der Waals surface area contributed by atoms with Crippen LogP contribution in [-0.2, 0) is 16.1 Å². The van der Waals surface area contributed by atoms with E-state index in [1.54, 1.807) is 6.20 Å². The van der Waals surface area contributed by atoms with Crippen molar-refractivity contribution in [2.75, 3.05) is 31.6 Å². The molecular formula is C18H19ClF2N4O3. The van der Waals surface area contributed by atoms with Gasteiger partial charge < -0.3 is 15.0 Å². The number of carbonyl (C=O) groups excluding carboxylic acids is 2. The van der Waals surface area contributed by atoms with Crippen LogP contribution in [0.2, 0.25) is 5.02 Å². The highest BCUT2D eigenvalue weighted by molar-refractivity contribution is 6.30. The fourth-order valence-electron chi connectivity index (χ4n) is 2.82. The van der Waals surface area contributed by atoms with Crippen LogP contribution in [0.1, 0.15) is 23.2 Å². The maximum atomic E-state index is 14.2. The van der Waals surface area contributed by atoms with E-state index in [9.17, 15) is 18.4 Å². The lowest BCUT2D eigenvalue weighted by Gasteiger charge is -2.20. The van der Waals surface area contributed by atoms with Crippen LogP contribution >= 0.6 is 11.6 Å². The van der Waals surface area contributed by atoms with Crippen LogP contribution in [0.4, 0.5) is 14.5 Å². The third-order valence-corrected chi connectivity index (χ3v) is 4.44. The largest absolute Gasteiger partial charge is 0.380 e. The maximum Gasteiger partial charge on any atom is 0.256 e. The Morgan fingerprint density at radius 3 is 2.79 bits per heavy atom. The highest BCUT2D eigenvalue weighted by Crippen LogP contribution is 2.22. The van der Waals surface area contributed by atoms with Gasteiger partial charge in [-0.1, -0.05) is 11.6 Å². The molecule has 3 rings (SSSR count). The first kappa shape index (κ1) is 20.2. The van der Waals surface area contributed by atoms with Crippen LogP contribution in [0, 0.1) is 11.6 Å². The Morgan fingerprint density at radius 1 is 1.21 bits per heavy atom. The predicted octanol–water partition coefficient (Wildman–Crippen LogP) is 2.71. The number of aryl methyl sites for hydroxylation is 1. The van der Waals surface area contributed by atoms with E-state index in [0.29, 0.717) is 43.8 Å². The molecule has 1 saturated heterocycles. The van der Waals surface area contributed by atoms with Gasteiger partial charge in [0.05, 0.1) is 29.1 Å². The standard InChI is InChI=1S/C18H19ClF2N4O3/c19-12-10-22-25(11-12)4-2-17(26)23-16-8-13(14(20)9-15(16)21)18(27)24-3-1-6-28-7-5-24/h8-11H,1-7H2,(H,23,26). The van der Waals surface area contributed by atoms with Crippen molar-refractivity contribution in [3.05, 3.63) is 46.7 Å². The SMILES string of the molecule is O=C(CCn1cc(Cl)cn1)Nc1cc(C(=O)N2CCCOCC2)c(F)cc1F. The molecule has 1 fully saturated rings. The van der Waals surface area contributed by atoms with Gasteiger partial charge in [-0.2, -0.15) is 5.10 Å². The lowest BCUT2D eigenvalue weighted by Crippen LogP contribution is -2.34. The highest BCUT2D eigenvalue weighted by atomic mass is 35.5. The number of rotatable bonds is 5. The summed E-state index contributed by atoms with van der Waals surface area (Å²) in [5, 5.41) is 6.75. The quantitative estimate of drug-likeness (QED) is 0.819. The Hall–Kier alpha value is -2.52. The van der Waals surface area contributed by atoms with Crippen molar-refractivity contribution >= 4 is 29.1 Å². The van der Waals surface area contributed by atoms with E-state index in [0.717, 1.165) is 6.07 Å². The van der Waals surface area contributed by atoms with Gasteiger partial charge in [0.2, 0.25) is 5.91 Å². The van der Waals surface area contributed by atoms with Crippen LogP contribution in [0.15, 0.2) is 24.5 Å². The first-order chi connectivity index (χ1) is 13.4. The molecule has 2 heterocycles. The Morgan fingerprint density at radius 2 is 2.04 bits per heavy atom. The maximum absolute atomic E-state index is 14.2. The van der Waals surface area contributed by atoms with E-state index >= 15 is 0 Å². The monoisotopic (exact) mass is 412 g/mol. The van der Waals surface area contributed by atoms with Crippen molar-refractivity contribution in [2.24, 2.45) is 0 Å². The average Bonchev–Trinajstić information content (AvgIpc) is 2.91. The molecule has 1 aliphatic rings. The van der Waals surface area contributed by atoms with E-state index < -0.39 is 23.4 Å². The van der Waals surface area contributed by atoms with Gasteiger partial charge in [-0.25, -0.2) is 8.78 Å². The van der Waals surface area contributed by atoms with Gasteiger partial charge in [-0.05, 0) is 12.5 Å². The molecule has 0 bridgehead atoms. The normalized spacial score (nSPS) is 14.6. The van der Waals surface area contributed by atoms with Gasteiger partial charge in [-0.15, -0.1) is 0 Å². The Kier molecular flexibility index (Phi) is 6.58. The zero-order valence-corrected chi connectivity index (χ0v) is 15.7. The molecule has 0 aliphatic carbocycles. The summed E-state index contributed by atoms with van der Waals surface area (Å²) in [7, 11) is 0. The molecule has 2 aromatic rings. The minimum Gasteiger partial charge on any atom is -0.380 e. The molecule has 0 spiro atoms. The van der Waals surface area contributed by atoms with Crippen molar-refractivity contribution in [3.63, 3.8) is 0 Å². The van der Waals surface area contributed by atoms with E-state index in [-0.39, 0.29) is 24.2 Å². The van der Waals surface area contributed by atoms with E-state index in [2.05, 4.69) is 10.4 Å². The molecule has 1 aromatic carbocycles. The number of aromatic nitrogens is 2. The van der Waals surface area contributed by atoms with Crippen LogP contribution in [0.25, 0.3) is 0 Å². The topological polar surface area (TPSA) is 76.5 Å². The minimum absolute atomic E-state index is 0.00156. The molecule has 0 atom stereocenters. The number of halogens is 3. The van der Waals surface area contributed by atoms with Crippen LogP contribution in [0.5, 0.6) is 0 Å². The number of hydrogen-bond acceptors (Lipinski definition) is 4. The van der Waals surface area contributed by atoms with Gasteiger partial charge in [0.1, 0.15) is 11.6 Å². The second-order valence-corrected chi connectivity index (χ2v) is 6.73. The van der Waals surface area contributed by atoms with Gasteiger partial charge >= 0.3 is 0 Å². The molecule has 2 amide bonds. The fourth-order valence-corrected chi connectivity index (χ4v) is 2.97. The van der Waals surface area contributed by atoms with E-state index in [1.807, 2.05) is 0 Å². The molecule has 0 saturated carbocycles. The molecule has 150 valence electrons. The number of benzene rings is 1. The van der Waals surface area contributed by atoms with Gasteiger partial charge in [0.25, 0.3) is 5.91 Å². The number of nitrogens with zero attached hydrogens (tertiary/aromatic N) is 3. The number of hydrogen-bond donors (Lipinski definition) is 1. The van der Waals surface area contributed by atoms with Gasteiger partial charge in [0.15, 0.2) is 0 Å². The Balaban J connectivity index is 1.69. The van der Waals surface area contributed by atoms with Crippen LogP contribution < -0.4 is 5.32 Å². The summed E-state index contributed by atoms with van der Waals surface area (Å²) in [5.41, 5.74) is -0.545. The van der Waals surface area contributed by atoms with Crippen molar-refractivity contribution in [1.82, 2.24) is 14.7 Å². The van der Waals surface area contributed by atoms with Crippen molar-refractivity contribution in [2.45, 2.75) is 19.4 Å². The summed E-state index contributed by atoms with van der Waals surface area (Å²) in [5.74, 6) is -3.00. The summed E-state index contributed by atoms with van der Waals surface area (Å²) < 4.78 is 35.0. The highest BCUT2D eigenvalue weighted by Gasteiger charge is 2.23. The van der Waals surface area contributed by atoms with Crippen molar-refractivity contribution in [3.8, 4) is 0 Å². The second kappa shape index (κ2) is 9.11. The number of amides is 2. The smallest absolute Gasteiger partial charge is 0.256 e. The zero-order chi connectivity index (χ0) is 20.1. The molecule has 28 heavy (non-hydrogen) atoms. The first-order valence-corrected chi connectivity index (χ1v) is 9.15. The van der Waals surface area contributed by atoms with Gasteiger partial charge in [-0.3, -0.25) is 14.3 Å². The molecule has 0 unspecified atom stereocenters. The number of ether oxygens (including phenoxy) is 1. The molecule has 1 aliphatic heterocycles. The molecule has 1 N–H and O–H groups in total. The van der Waals surface area contributed by atoms with E-state index in [1.165, 1.54) is 15.8 Å². The molecule has 10 heteroatoms. The summed E-state index contributed by atoms with van der Waals surface area (Å²) in [6.45, 7) is 1.86. The summed E-state index contributed by atoms with van der Waals surface area (Å²) in [6, 6.07) is 1.63. The van der Waals surface area contributed by atoms with E-state index in [4.69, 9.17) is 16.3 Å². The van der Waals surface area contributed by atoms with Crippen LogP contribution in [-0.4, -0.2) is 52.8 Å².